The van der Waals surface area contributed by atoms with Gasteiger partial charge in [0.05, 0.1) is 25.5 Å². The van der Waals surface area contributed by atoms with Crippen LogP contribution in [0.2, 0.25) is 0 Å². The SMILES string of the molecule is CCOc1ccc(C(C)=O)cc1NC(=O)c1cc(OCCN2CCOCC2)cc(C(=O)[OH2+])c1. The Bertz CT molecular complexity index is 1020. The maximum absolute atomic E-state index is 13.0. The first-order valence-electron chi connectivity index (χ1n) is 10.8. The first-order chi connectivity index (χ1) is 15.9. The third-order valence-electron chi connectivity index (χ3n) is 5.14. The molecule has 176 valence electrons. The number of nitrogens with zero attached hydrogens (tertiary/aromatic N) is 1. The molecule has 2 aromatic carbocycles. The van der Waals surface area contributed by atoms with E-state index in [4.69, 9.17) is 19.3 Å². The minimum Gasteiger partial charge on any atom is -0.561 e. The average Bonchev–Trinajstić information content (AvgIpc) is 2.80. The van der Waals surface area contributed by atoms with Crippen LogP contribution in [0.25, 0.3) is 0 Å². The Balaban J connectivity index is 1.78. The highest BCUT2D eigenvalue weighted by Gasteiger charge is 2.19. The van der Waals surface area contributed by atoms with E-state index >= 15 is 0 Å². The zero-order valence-corrected chi connectivity index (χ0v) is 18.8. The lowest BCUT2D eigenvalue weighted by Crippen LogP contribution is -2.38. The van der Waals surface area contributed by atoms with E-state index in [1.54, 1.807) is 18.2 Å². The van der Waals surface area contributed by atoms with E-state index in [2.05, 4.69) is 10.2 Å². The van der Waals surface area contributed by atoms with Crippen LogP contribution in [-0.4, -0.2) is 73.7 Å². The van der Waals surface area contributed by atoms with E-state index in [9.17, 15) is 14.4 Å². The molecular formula is C24H29N2O7+. The van der Waals surface area contributed by atoms with Crippen LogP contribution in [0.5, 0.6) is 11.5 Å². The molecule has 1 heterocycles. The molecule has 0 atom stereocenters. The fourth-order valence-electron chi connectivity index (χ4n) is 3.38. The summed E-state index contributed by atoms with van der Waals surface area (Å²) in [4.78, 5) is 38.7. The molecule has 0 aliphatic carbocycles. The summed E-state index contributed by atoms with van der Waals surface area (Å²) in [6.07, 6.45) is 0. The van der Waals surface area contributed by atoms with Gasteiger partial charge in [-0.15, -0.1) is 0 Å². The first kappa shape index (κ1) is 24.2. The summed E-state index contributed by atoms with van der Waals surface area (Å²) in [7, 11) is 0. The molecule has 0 radical (unpaired) electrons. The van der Waals surface area contributed by atoms with Crippen LogP contribution in [-0.2, 0) is 4.74 Å². The average molecular weight is 458 g/mol. The van der Waals surface area contributed by atoms with Crippen molar-refractivity contribution in [3.63, 3.8) is 0 Å². The molecule has 0 unspecified atom stereocenters. The number of carbonyl (C=O) groups excluding carboxylic acids is 3. The molecule has 0 saturated carbocycles. The topological polar surface area (TPSA) is 117 Å². The molecule has 3 N–H and O–H groups in total. The number of benzene rings is 2. The Morgan fingerprint density at radius 3 is 2.42 bits per heavy atom. The van der Waals surface area contributed by atoms with Crippen molar-refractivity contribution in [1.82, 2.24) is 4.90 Å². The van der Waals surface area contributed by atoms with E-state index in [1.807, 2.05) is 6.92 Å². The Morgan fingerprint density at radius 1 is 1.03 bits per heavy atom. The molecule has 1 amide bonds. The lowest BCUT2D eigenvalue weighted by Gasteiger charge is -2.26. The second-order valence-electron chi connectivity index (χ2n) is 7.53. The highest BCUT2D eigenvalue weighted by atomic mass is 16.5. The molecule has 2 aromatic rings. The zero-order valence-electron chi connectivity index (χ0n) is 18.8. The van der Waals surface area contributed by atoms with Gasteiger partial charge in [0, 0.05) is 41.6 Å². The molecule has 33 heavy (non-hydrogen) atoms. The van der Waals surface area contributed by atoms with Crippen LogP contribution in [0, 0.1) is 0 Å². The highest BCUT2D eigenvalue weighted by molar-refractivity contribution is 6.07. The Morgan fingerprint density at radius 2 is 1.76 bits per heavy atom. The van der Waals surface area contributed by atoms with Gasteiger partial charge in [-0.25, -0.2) is 0 Å². The number of hydrogen-bond donors (Lipinski definition) is 1. The summed E-state index contributed by atoms with van der Waals surface area (Å²) in [5.41, 5.74) is 0.972. The van der Waals surface area contributed by atoms with E-state index < -0.39 is 11.9 Å². The number of nitrogens with one attached hydrogen (secondary N) is 1. The number of Topliss-reactive ketones (excluding diaryl/α,β-unsaturated/α-hetero) is 1. The van der Waals surface area contributed by atoms with Gasteiger partial charge in [0.1, 0.15) is 23.7 Å². The molecule has 1 aliphatic rings. The lowest BCUT2D eigenvalue weighted by atomic mass is 10.1. The normalized spacial score (nSPS) is 13.9. The quantitative estimate of drug-likeness (QED) is 0.429. The Kier molecular flexibility index (Phi) is 8.39. The van der Waals surface area contributed by atoms with Gasteiger partial charge in [0.25, 0.3) is 5.91 Å². The van der Waals surface area contributed by atoms with Crippen molar-refractivity contribution in [3.8, 4) is 11.5 Å². The highest BCUT2D eigenvalue weighted by Crippen LogP contribution is 2.27. The fourth-order valence-corrected chi connectivity index (χ4v) is 3.38. The third kappa shape index (κ3) is 6.77. The fraction of sp³-hybridized carbons (Fsp3) is 0.375. The summed E-state index contributed by atoms with van der Waals surface area (Å²) in [6.45, 7) is 7.69. The number of morpholine rings is 1. The number of rotatable bonds is 10. The minimum absolute atomic E-state index is 0.0477. The molecule has 0 aromatic heterocycles. The predicted molar refractivity (Wildman–Crippen MR) is 123 cm³/mol. The number of anilines is 1. The number of carbonyl (C=O) groups is 3. The second-order valence-corrected chi connectivity index (χ2v) is 7.53. The summed E-state index contributed by atoms with van der Waals surface area (Å²) in [6, 6.07) is 9.12. The van der Waals surface area contributed by atoms with Gasteiger partial charge in [-0.3, -0.25) is 14.5 Å². The minimum atomic E-state index is -0.920. The van der Waals surface area contributed by atoms with Crippen molar-refractivity contribution in [3.05, 3.63) is 53.1 Å². The number of hydrogen-bond acceptors (Lipinski definition) is 7. The van der Waals surface area contributed by atoms with E-state index in [0.717, 1.165) is 13.1 Å². The van der Waals surface area contributed by atoms with Gasteiger partial charge in [-0.1, -0.05) is 0 Å². The summed E-state index contributed by atoms with van der Waals surface area (Å²) in [5, 5.41) is 10.2. The van der Waals surface area contributed by atoms with Gasteiger partial charge in [-0.2, -0.15) is 0 Å². The van der Waals surface area contributed by atoms with E-state index in [-0.39, 0.29) is 16.9 Å². The van der Waals surface area contributed by atoms with Crippen LogP contribution in [0.1, 0.15) is 44.9 Å². The molecule has 1 aliphatic heterocycles. The number of ether oxygens (including phenoxy) is 3. The smallest absolute Gasteiger partial charge is 0.549 e. The third-order valence-corrected chi connectivity index (χ3v) is 5.14. The molecule has 9 heteroatoms. The van der Waals surface area contributed by atoms with Crippen molar-refractivity contribution >= 4 is 23.3 Å². The molecule has 1 saturated heterocycles. The van der Waals surface area contributed by atoms with Crippen LogP contribution in [0.4, 0.5) is 5.69 Å². The lowest BCUT2D eigenvalue weighted by molar-refractivity contribution is 0.0322. The molecular weight excluding hydrogens is 428 g/mol. The van der Waals surface area contributed by atoms with Crippen molar-refractivity contribution in [2.45, 2.75) is 13.8 Å². The predicted octanol–water partition coefficient (Wildman–Crippen LogP) is 2.12. The Labute approximate surface area is 192 Å². The summed E-state index contributed by atoms with van der Waals surface area (Å²) in [5.74, 6) is -0.833. The van der Waals surface area contributed by atoms with Crippen LogP contribution in [0.3, 0.4) is 0 Å². The zero-order chi connectivity index (χ0) is 23.8. The van der Waals surface area contributed by atoms with Crippen LogP contribution >= 0.6 is 0 Å². The number of ketones is 1. The standard InChI is InChI=1S/C24H28N2O7/c1-3-32-22-5-4-17(16(2)27)15-21(22)25-23(28)18-12-19(24(29)30)14-20(13-18)33-11-8-26-6-9-31-10-7-26/h4-5,12-15H,3,6-11H2,1-2H3,(H,25,28)(H,29,30)/p+1. The van der Waals surface area contributed by atoms with Gasteiger partial charge < -0.3 is 24.6 Å². The van der Waals surface area contributed by atoms with Crippen LogP contribution < -0.4 is 14.8 Å². The molecule has 3 rings (SSSR count). The van der Waals surface area contributed by atoms with Gasteiger partial charge in [-0.05, 0) is 44.2 Å². The summed E-state index contributed by atoms with van der Waals surface area (Å²) < 4.78 is 16.7. The van der Waals surface area contributed by atoms with Crippen molar-refractivity contribution in [1.29, 1.82) is 0 Å². The molecule has 0 spiro atoms. The van der Waals surface area contributed by atoms with E-state index in [0.29, 0.717) is 55.7 Å². The molecule has 9 nitrogen and oxygen atoms in total. The number of amides is 1. The largest absolute Gasteiger partial charge is 0.561 e. The second kappa shape index (κ2) is 11.4. The molecule has 0 bridgehead atoms. The maximum atomic E-state index is 13.0. The maximum Gasteiger partial charge on any atom is 0.549 e. The molecule has 1 fully saturated rings. The van der Waals surface area contributed by atoms with Gasteiger partial charge in [0.15, 0.2) is 5.78 Å². The van der Waals surface area contributed by atoms with Crippen molar-refractivity contribution < 1.29 is 33.7 Å². The van der Waals surface area contributed by atoms with Crippen molar-refractivity contribution in [2.24, 2.45) is 0 Å². The van der Waals surface area contributed by atoms with Crippen molar-refractivity contribution in [2.75, 3.05) is 51.4 Å². The first-order valence-corrected chi connectivity index (χ1v) is 10.8. The van der Waals surface area contributed by atoms with Gasteiger partial charge in [0.2, 0.25) is 0 Å². The van der Waals surface area contributed by atoms with Crippen LogP contribution in [0.15, 0.2) is 36.4 Å². The summed E-state index contributed by atoms with van der Waals surface area (Å²) >= 11 is 0. The Hall–Kier alpha value is -3.43. The van der Waals surface area contributed by atoms with E-state index in [1.165, 1.54) is 25.1 Å². The van der Waals surface area contributed by atoms with Gasteiger partial charge >= 0.3 is 5.97 Å². The monoisotopic (exact) mass is 457 g/mol.